The zero-order valence-corrected chi connectivity index (χ0v) is 15.1. The summed E-state index contributed by atoms with van der Waals surface area (Å²) in [5.41, 5.74) is 2.85. The summed E-state index contributed by atoms with van der Waals surface area (Å²) in [6.45, 7) is 8.97. The van der Waals surface area contributed by atoms with E-state index in [-0.39, 0.29) is 0 Å². The van der Waals surface area contributed by atoms with Crippen molar-refractivity contribution in [3.8, 4) is 0 Å². The second kappa shape index (κ2) is 8.79. The molecule has 0 saturated carbocycles. The Morgan fingerprint density at radius 2 is 1.76 bits per heavy atom. The van der Waals surface area contributed by atoms with Crippen molar-refractivity contribution in [1.29, 1.82) is 0 Å². The second-order valence-corrected chi connectivity index (χ2v) is 7.47. The number of nitrogens with one attached hydrogen (secondary N) is 1. The maximum absolute atomic E-state index is 3.64. The summed E-state index contributed by atoms with van der Waals surface area (Å²) in [7, 11) is 0. The molecule has 0 bridgehead atoms. The van der Waals surface area contributed by atoms with Crippen LogP contribution in [0, 0.1) is 5.92 Å². The van der Waals surface area contributed by atoms with E-state index in [1.165, 1.54) is 60.9 Å². The molecular weight excluding hydrogens is 324 g/mol. The molecule has 0 unspecified atom stereocenters. The van der Waals surface area contributed by atoms with Crippen molar-refractivity contribution >= 4 is 21.6 Å². The first-order valence-electron chi connectivity index (χ1n) is 8.41. The quantitative estimate of drug-likeness (QED) is 0.804. The van der Waals surface area contributed by atoms with Crippen LogP contribution in [0.15, 0.2) is 22.7 Å². The van der Waals surface area contributed by atoms with Gasteiger partial charge >= 0.3 is 0 Å². The summed E-state index contributed by atoms with van der Waals surface area (Å²) < 4.78 is 1.19. The Balaban J connectivity index is 2.09. The summed E-state index contributed by atoms with van der Waals surface area (Å²) >= 11 is 3.64. The fourth-order valence-corrected chi connectivity index (χ4v) is 3.31. The molecule has 2 rings (SSSR count). The van der Waals surface area contributed by atoms with Gasteiger partial charge in [-0.3, -0.25) is 0 Å². The number of nitrogens with zero attached hydrogens (tertiary/aromatic N) is 1. The van der Waals surface area contributed by atoms with Crippen LogP contribution in [0.4, 0.5) is 5.69 Å². The van der Waals surface area contributed by atoms with Crippen LogP contribution >= 0.6 is 15.9 Å². The lowest BCUT2D eigenvalue weighted by Gasteiger charge is -2.29. The molecule has 1 aliphatic rings. The highest BCUT2D eigenvalue weighted by molar-refractivity contribution is 9.10. The Morgan fingerprint density at radius 3 is 2.43 bits per heavy atom. The van der Waals surface area contributed by atoms with Crippen molar-refractivity contribution in [2.24, 2.45) is 5.92 Å². The predicted molar refractivity (Wildman–Crippen MR) is 96.0 cm³/mol. The van der Waals surface area contributed by atoms with E-state index in [1.807, 2.05) is 0 Å². The minimum Gasteiger partial charge on any atom is -0.371 e. The van der Waals surface area contributed by atoms with E-state index >= 15 is 0 Å². The van der Waals surface area contributed by atoms with Crippen LogP contribution in [0.5, 0.6) is 0 Å². The highest BCUT2D eigenvalue weighted by Crippen LogP contribution is 2.27. The van der Waals surface area contributed by atoms with Crippen molar-refractivity contribution < 1.29 is 0 Å². The summed E-state index contributed by atoms with van der Waals surface area (Å²) in [6.07, 6.45) is 6.82. The van der Waals surface area contributed by atoms with Crippen LogP contribution in [0.25, 0.3) is 0 Å². The zero-order valence-electron chi connectivity index (χ0n) is 13.5. The average Bonchev–Trinajstić information content (AvgIpc) is 2.40. The SMILES string of the molecule is CC(C)CNCc1ccc(Br)cc1N1CCCCCCC1. The Hall–Kier alpha value is -0.540. The summed E-state index contributed by atoms with van der Waals surface area (Å²) in [6, 6.07) is 6.74. The van der Waals surface area contributed by atoms with Crippen LogP contribution in [0.1, 0.15) is 51.5 Å². The molecule has 1 N–H and O–H groups in total. The molecule has 1 heterocycles. The first kappa shape index (κ1) is 16.8. The lowest BCUT2D eigenvalue weighted by molar-refractivity contribution is 0.544. The molecule has 1 aromatic rings. The molecule has 21 heavy (non-hydrogen) atoms. The molecule has 1 fully saturated rings. The van der Waals surface area contributed by atoms with E-state index in [2.05, 4.69) is 58.2 Å². The fourth-order valence-electron chi connectivity index (χ4n) is 2.96. The molecule has 3 heteroatoms. The molecule has 1 aromatic carbocycles. The molecule has 1 saturated heterocycles. The van der Waals surface area contributed by atoms with Gasteiger partial charge in [0.15, 0.2) is 0 Å². The average molecular weight is 353 g/mol. The third-order valence-electron chi connectivity index (χ3n) is 4.11. The van der Waals surface area contributed by atoms with Gasteiger partial charge in [-0.1, -0.05) is 55.1 Å². The van der Waals surface area contributed by atoms with E-state index < -0.39 is 0 Å². The minimum atomic E-state index is 0.700. The Bertz CT molecular complexity index is 423. The van der Waals surface area contributed by atoms with E-state index in [1.54, 1.807) is 0 Å². The number of anilines is 1. The van der Waals surface area contributed by atoms with Crippen molar-refractivity contribution in [3.05, 3.63) is 28.2 Å². The summed E-state index contributed by atoms with van der Waals surface area (Å²) in [5, 5.41) is 3.59. The van der Waals surface area contributed by atoms with Crippen LogP contribution in [0.3, 0.4) is 0 Å². The molecule has 0 atom stereocenters. The van der Waals surface area contributed by atoms with Crippen molar-refractivity contribution in [2.45, 2.75) is 52.5 Å². The molecule has 2 nitrogen and oxygen atoms in total. The fraction of sp³-hybridized carbons (Fsp3) is 0.667. The van der Waals surface area contributed by atoms with Gasteiger partial charge in [0.25, 0.3) is 0 Å². The minimum absolute atomic E-state index is 0.700. The molecule has 0 spiro atoms. The van der Waals surface area contributed by atoms with E-state index in [4.69, 9.17) is 0 Å². The van der Waals surface area contributed by atoms with Crippen LogP contribution in [-0.4, -0.2) is 19.6 Å². The normalized spacial score (nSPS) is 16.9. The van der Waals surface area contributed by atoms with Gasteiger partial charge in [0.1, 0.15) is 0 Å². The highest BCUT2D eigenvalue weighted by Gasteiger charge is 2.13. The van der Waals surface area contributed by atoms with Gasteiger partial charge in [-0.05, 0) is 43.0 Å². The number of hydrogen-bond donors (Lipinski definition) is 1. The first-order valence-corrected chi connectivity index (χ1v) is 9.20. The molecule has 0 amide bonds. The Labute approximate surface area is 138 Å². The molecule has 118 valence electrons. The third-order valence-corrected chi connectivity index (χ3v) is 4.61. The lowest BCUT2D eigenvalue weighted by Crippen LogP contribution is -2.29. The van der Waals surface area contributed by atoms with Gasteiger partial charge in [-0.15, -0.1) is 0 Å². The standard InChI is InChI=1S/C18H29BrN2/c1-15(2)13-20-14-16-8-9-17(19)12-18(16)21-10-6-4-3-5-7-11-21/h8-9,12,15,20H,3-7,10-11,13-14H2,1-2H3. The number of halogens is 1. The van der Waals surface area contributed by atoms with Gasteiger partial charge in [0.2, 0.25) is 0 Å². The molecule has 0 aromatic heterocycles. The number of benzene rings is 1. The van der Waals surface area contributed by atoms with Crippen LogP contribution in [-0.2, 0) is 6.54 Å². The third kappa shape index (κ3) is 5.63. The summed E-state index contributed by atoms with van der Waals surface area (Å²) in [5.74, 6) is 0.700. The number of rotatable bonds is 5. The number of hydrogen-bond acceptors (Lipinski definition) is 2. The largest absolute Gasteiger partial charge is 0.371 e. The van der Waals surface area contributed by atoms with Gasteiger partial charge in [-0.2, -0.15) is 0 Å². The monoisotopic (exact) mass is 352 g/mol. The van der Waals surface area contributed by atoms with Gasteiger partial charge in [-0.25, -0.2) is 0 Å². The van der Waals surface area contributed by atoms with Gasteiger partial charge in [0, 0.05) is 29.8 Å². The maximum atomic E-state index is 3.64. The molecule has 0 aliphatic carbocycles. The Kier molecular flexibility index (Phi) is 7.05. The van der Waals surface area contributed by atoms with E-state index in [0.29, 0.717) is 5.92 Å². The highest BCUT2D eigenvalue weighted by atomic mass is 79.9. The summed E-state index contributed by atoms with van der Waals surface area (Å²) in [4.78, 5) is 2.59. The van der Waals surface area contributed by atoms with Crippen molar-refractivity contribution in [2.75, 3.05) is 24.5 Å². The topological polar surface area (TPSA) is 15.3 Å². The van der Waals surface area contributed by atoms with Crippen molar-refractivity contribution in [3.63, 3.8) is 0 Å². The van der Waals surface area contributed by atoms with Crippen LogP contribution in [0.2, 0.25) is 0 Å². The first-order chi connectivity index (χ1) is 10.2. The van der Waals surface area contributed by atoms with Crippen molar-refractivity contribution in [1.82, 2.24) is 5.32 Å². The predicted octanol–water partition coefficient (Wildman–Crippen LogP) is 4.97. The van der Waals surface area contributed by atoms with Crippen LogP contribution < -0.4 is 10.2 Å². The lowest BCUT2D eigenvalue weighted by atomic mass is 10.1. The molecular formula is C18H29BrN2. The van der Waals surface area contributed by atoms with Gasteiger partial charge < -0.3 is 10.2 Å². The maximum Gasteiger partial charge on any atom is 0.0423 e. The molecule has 1 aliphatic heterocycles. The van der Waals surface area contributed by atoms with E-state index in [9.17, 15) is 0 Å². The molecule has 0 radical (unpaired) electrons. The Morgan fingerprint density at radius 1 is 1.10 bits per heavy atom. The van der Waals surface area contributed by atoms with Gasteiger partial charge in [0.05, 0.1) is 0 Å². The zero-order chi connectivity index (χ0) is 15.1. The second-order valence-electron chi connectivity index (χ2n) is 6.55. The smallest absolute Gasteiger partial charge is 0.0423 e. The van der Waals surface area contributed by atoms with E-state index in [0.717, 1.165) is 13.1 Å².